The molecule has 0 spiro atoms. The minimum absolute atomic E-state index is 0. The summed E-state index contributed by atoms with van der Waals surface area (Å²) in [6, 6.07) is 0. The van der Waals surface area contributed by atoms with Crippen LogP contribution in [-0.2, 0) is 4.74 Å². The number of fused-ring (bicyclic) bond motifs is 2. The minimum Gasteiger partial charge on any atom is -0.378 e. The van der Waals surface area contributed by atoms with Crippen molar-refractivity contribution in [3.63, 3.8) is 0 Å². The molecule has 0 amide bonds. The average molecular weight is 140 g/mol. The molecule has 58 valence electrons. The van der Waals surface area contributed by atoms with Gasteiger partial charge in [0.15, 0.2) is 0 Å². The Morgan fingerprint density at radius 2 is 2.00 bits per heavy atom. The molecule has 0 aromatic heterocycles. The van der Waals surface area contributed by atoms with E-state index in [9.17, 15) is 0 Å². The van der Waals surface area contributed by atoms with E-state index in [1.54, 1.807) is 0 Å². The van der Waals surface area contributed by atoms with Crippen LogP contribution in [0, 0.1) is 13.3 Å². The maximum Gasteiger partial charge on any atom is 0.0577 e. The molecule has 2 rings (SSSR count). The monoisotopic (exact) mass is 140 g/mol. The molecule has 0 aromatic rings. The highest BCUT2D eigenvalue weighted by Gasteiger charge is 2.25. The SMILES string of the molecule is C1CC2CCOC(C1)C2.[CH2]. The smallest absolute Gasteiger partial charge is 0.0577 e. The lowest BCUT2D eigenvalue weighted by molar-refractivity contribution is -0.0347. The van der Waals surface area contributed by atoms with Crippen LogP contribution in [0.2, 0.25) is 0 Å². The van der Waals surface area contributed by atoms with E-state index in [4.69, 9.17) is 4.74 Å². The van der Waals surface area contributed by atoms with Crippen LogP contribution in [-0.4, -0.2) is 12.7 Å². The average Bonchev–Trinajstić information content (AvgIpc) is 1.88. The third kappa shape index (κ3) is 1.51. The Morgan fingerprint density at radius 1 is 1.10 bits per heavy atom. The summed E-state index contributed by atoms with van der Waals surface area (Å²) in [5, 5.41) is 0. The van der Waals surface area contributed by atoms with E-state index in [-0.39, 0.29) is 7.43 Å². The first kappa shape index (κ1) is 8.06. The highest BCUT2D eigenvalue weighted by molar-refractivity contribution is 4.76. The third-order valence-electron chi connectivity index (χ3n) is 2.61. The van der Waals surface area contributed by atoms with Crippen LogP contribution < -0.4 is 0 Å². The molecule has 2 radical (unpaired) electrons. The van der Waals surface area contributed by atoms with Gasteiger partial charge in [0.2, 0.25) is 0 Å². The van der Waals surface area contributed by atoms with Crippen molar-refractivity contribution < 1.29 is 4.74 Å². The standard InChI is InChI=1S/C8H14O.CH2/c1-2-7-4-5-9-8(3-1)6-7;/h7-8H,1-6H2;1H2. The van der Waals surface area contributed by atoms with Crippen molar-refractivity contribution in [1.29, 1.82) is 0 Å². The highest BCUT2D eigenvalue weighted by atomic mass is 16.5. The lowest BCUT2D eigenvalue weighted by atomic mass is 9.83. The zero-order chi connectivity index (χ0) is 6.10. The molecular weight excluding hydrogens is 124 g/mol. The predicted molar refractivity (Wildman–Crippen MR) is 41.7 cm³/mol. The molecule has 0 aromatic carbocycles. The quantitative estimate of drug-likeness (QED) is 0.501. The van der Waals surface area contributed by atoms with E-state index in [1.807, 2.05) is 0 Å². The second kappa shape index (κ2) is 3.38. The number of hydrogen-bond donors (Lipinski definition) is 0. The molecule has 2 aliphatic rings. The molecule has 1 aliphatic heterocycles. The van der Waals surface area contributed by atoms with Gasteiger partial charge in [0.05, 0.1) is 6.10 Å². The zero-order valence-corrected chi connectivity index (χ0v) is 6.51. The third-order valence-corrected chi connectivity index (χ3v) is 2.61. The van der Waals surface area contributed by atoms with Crippen molar-refractivity contribution in [2.24, 2.45) is 5.92 Å². The molecule has 1 heteroatoms. The van der Waals surface area contributed by atoms with Crippen LogP contribution >= 0.6 is 0 Å². The van der Waals surface area contributed by atoms with Gasteiger partial charge in [0.25, 0.3) is 0 Å². The summed E-state index contributed by atoms with van der Waals surface area (Å²) in [5.74, 6) is 1.03. The lowest BCUT2D eigenvalue weighted by Crippen LogP contribution is -2.29. The first-order chi connectivity index (χ1) is 4.45. The number of ether oxygens (including phenoxy) is 1. The van der Waals surface area contributed by atoms with Crippen LogP contribution in [0.25, 0.3) is 0 Å². The Labute approximate surface area is 63.8 Å². The summed E-state index contributed by atoms with van der Waals surface area (Å²) in [4.78, 5) is 0. The van der Waals surface area contributed by atoms with Gasteiger partial charge < -0.3 is 4.74 Å². The van der Waals surface area contributed by atoms with Crippen LogP contribution in [0.5, 0.6) is 0 Å². The van der Waals surface area contributed by atoms with Gasteiger partial charge in [-0.15, -0.1) is 0 Å². The van der Waals surface area contributed by atoms with Crippen molar-refractivity contribution in [3.05, 3.63) is 7.43 Å². The molecule has 2 fully saturated rings. The fourth-order valence-electron chi connectivity index (χ4n) is 2.06. The van der Waals surface area contributed by atoms with Crippen molar-refractivity contribution in [2.45, 2.75) is 38.2 Å². The Hall–Kier alpha value is -0.0400. The maximum absolute atomic E-state index is 5.55. The molecule has 2 unspecified atom stereocenters. The Bertz CT molecular complexity index is 80.9. The maximum atomic E-state index is 5.55. The van der Waals surface area contributed by atoms with Gasteiger partial charge in [-0.25, -0.2) is 0 Å². The van der Waals surface area contributed by atoms with Gasteiger partial charge in [0.1, 0.15) is 0 Å². The van der Waals surface area contributed by atoms with Gasteiger partial charge in [-0.2, -0.15) is 0 Å². The summed E-state index contributed by atoms with van der Waals surface area (Å²) in [6.07, 6.45) is 7.56. The van der Waals surface area contributed by atoms with E-state index in [0.29, 0.717) is 6.10 Å². The van der Waals surface area contributed by atoms with Crippen molar-refractivity contribution in [2.75, 3.05) is 6.61 Å². The number of hydrogen-bond acceptors (Lipinski definition) is 1. The van der Waals surface area contributed by atoms with E-state index in [0.717, 1.165) is 12.5 Å². The first-order valence-corrected chi connectivity index (χ1v) is 4.07. The van der Waals surface area contributed by atoms with Gasteiger partial charge >= 0.3 is 0 Å². The molecule has 1 aliphatic carbocycles. The summed E-state index contributed by atoms with van der Waals surface area (Å²) < 4.78 is 5.55. The van der Waals surface area contributed by atoms with E-state index < -0.39 is 0 Å². The fourth-order valence-corrected chi connectivity index (χ4v) is 2.06. The summed E-state index contributed by atoms with van der Waals surface area (Å²) in [6.45, 7) is 1.04. The molecule has 1 saturated heterocycles. The van der Waals surface area contributed by atoms with Crippen molar-refractivity contribution in [3.8, 4) is 0 Å². The molecule has 2 bridgehead atoms. The van der Waals surface area contributed by atoms with Crippen molar-refractivity contribution >= 4 is 0 Å². The van der Waals surface area contributed by atoms with E-state index >= 15 is 0 Å². The molecule has 1 nitrogen and oxygen atoms in total. The highest BCUT2D eigenvalue weighted by Crippen LogP contribution is 2.32. The van der Waals surface area contributed by atoms with Crippen LogP contribution in [0.1, 0.15) is 32.1 Å². The summed E-state index contributed by atoms with van der Waals surface area (Å²) in [5.41, 5.74) is 0. The minimum atomic E-state index is 0. The molecule has 10 heavy (non-hydrogen) atoms. The Morgan fingerprint density at radius 3 is 2.70 bits per heavy atom. The molecule has 1 heterocycles. The Balaban J connectivity index is 0.000000500. The normalized spacial score (nSPS) is 38.4. The van der Waals surface area contributed by atoms with Crippen LogP contribution in [0.3, 0.4) is 0 Å². The topological polar surface area (TPSA) is 9.23 Å². The first-order valence-electron chi connectivity index (χ1n) is 4.07. The molecular formula is C9H16O. The molecule has 2 atom stereocenters. The lowest BCUT2D eigenvalue weighted by Gasteiger charge is -2.34. The molecule has 1 saturated carbocycles. The number of rotatable bonds is 0. The van der Waals surface area contributed by atoms with E-state index in [2.05, 4.69) is 0 Å². The Kier molecular flexibility index (Phi) is 2.72. The van der Waals surface area contributed by atoms with Crippen LogP contribution in [0.15, 0.2) is 0 Å². The van der Waals surface area contributed by atoms with Gasteiger partial charge in [-0.05, 0) is 25.2 Å². The summed E-state index contributed by atoms with van der Waals surface area (Å²) >= 11 is 0. The summed E-state index contributed by atoms with van der Waals surface area (Å²) in [7, 11) is 0. The second-order valence-electron chi connectivity index (χ2n) is 3.31. The van der Waals surface area contributed by atoms with Crippen molar-refractivity contribution in [1.82, 2.24) is 0 Å². The largest absolute Gasteiger partial charge is 0.378 e. The fraction of sp³-hybridized carbons (Fsp3) is 0.889. The van der Waals surface area contributed by atoms with E-state index in [1.165, 1.54) is 32.1 Å². The van der Waals surface area contributed by atoms with Gasteiger partial charge in [0, 0.05) is 6.61 Å². The van der Waals surface area contributed by atoms with Crippen LogP contribution in [0.4, 0.5) is 0 Å². The zero-order valence-electron chi connectivity index (χ0n) is 6.51. The molecule has 0 N–H and O–H groups in total. The second-order valence-corrected chi connectivity index (χ2v) is 3.31. The predicted octanol–water partition coefficient (Wildman–Crippen LogP) is 2.29. The van der Waals surface area contributed by atoms with Gasteiger partial charge in [-0.1, -0.05) is 20.3 Å². The van der Waals surface area contributed by atoms with Gasteiger partial charge in [-0.3, -0.25) is 0 Å².